The summed E-state index contributed by atoms with van der Waals surface area (Å²) in [6.45, 7) is 2.15. The van der Waals surface area contributed by atoms with Crippen molar-refractivity contribution in [3.8, 4) is 0 Å². The zero-order valence-corrected chi connectivity index (χ0v) is 7.85. The van der Waals surface area contributed by atoms with Gasteiger partial charge in [-0.2, -0.15) is 5.10 Å². The van der Waals surface area contributed by atoms with Gasteiger partial charge in [0, 0.05) is 13.2 Å². The van der Waals surface area contributed by atoms with Crippen LogP contribution in [0, 0.1) is 0 Å². The zero-order chi connectivity index (χ0) is 7.56. The van der Waals surface area contributed by atoms with E-state index in [0.29, 0.717) is 0 Å². The SMILES string of the molecule is CCCc1nn(C)cc1Br. The highest BCUT2D eigenvalue weighted by Gasteiger charge is 2.01. The molecule has 0 aliphatic rings. The summed E-state index contributed by atoms with van der Waals surface area (Å²) in [5.41, 5.74) is 1.16. The molecule has 0 fully saturated rings. The van der Waals surface area contributed by atoms with Crippen molar-refractivity contribution in [3.63, 3.8) is 0 Å². The van der Waals surface area contributed by atoms with Crippen LogP contribution in [0.25, 0.3) is 0 Å². The Morgan fingerprint density at radius 1 is 1.70 bits per heavy atom. The van der Waals surface area contributed by atoms with Crippen LogP contribution >= 0.6 is 15.9 Å². The molecule has 0 spiro atoms. The van der Waals surface area contributed by atoms with E-state index in [9.17, 15) is 0 Å². The van der Waals surface area contributed by atoms with E-state index in [0.717, 1.165) is 23.0 Å². The number of nitrogens with zero attached hydrogens (tertiary/aromatic N) is 2. The van der Waals surface area contributed by atoms with E-state index in [-0.39, 0.29) is 0 Å². The maximum absolute atomic E-state index is 4.27. The first-order valence-corrected chi connectivity index (χ1v) is 4.21. The number of hydrogen-bond donors (Lipinski definition) is 0. The summed E-state index contributed by atoms with van der Waals surface area (Å²) in [4.78, 5) is 0. The molecular weight excluding hydrogens is 192 g/mol. The Kier molecular flexibility index (Phi) is 2.49. The van der Waals surface area contributed by atoms with E-state index in [1.807, 2.05) is 17.9 Å². The van der Waals surface area contributed by atoms with Crippen LogP contribution in [0.2, 0.25) is 0 Å². The lowest BCUT2D eigenvalue weighted by molar-refractivity contribution is 0.733. The minimum atomic E-state index is 1.06. The largest absolute Gasteiger partial charge is 0.274 e. The molecule has 1 rings (SSSR count). The fourth-order valence-electron chi connectivity index (χ4n) is 0.912. The number of rotatable bonds is 2. The molecule has 0 saturated carbocycles. The second-order valence-electron chi connectivity index (χ2n) is 2.35. The third-order valence-electron chi connectivity index (χ3n) is 1.34. The lowest BCUT2D eigenvalue weighted by atomic mass is 10.3. The van der Waals surface area contributed by atoms with E-state index >= 15 is 0 Å². The number of hydrogen-bond acceptors (Lipinski definition) is 1. The van der Waals surface area contributed by atoms with Crippen molar-refractivity contribution >= 4 is 15.9 Å². The minimum Gasteiger partial charge on any atom is -0.274 e. The molecule has 0 unspecified atom stereocenters. The van der Waals surface area contributed by atoms with Gasteiger partial charge in [-0.3, -0.25) is 4.68 Å². The summed E-state index contributed by atoms with van der Waals surface area (Å²) in [5, 5.41) is 4.27. The molecule has 1 aromatic heterocycles. The minimum absolute atomic E-state index is 1.06. The molecule has 0 aromatic carbocycles. The average molecular weight is 203 g/mol. The van der Waals surface area contributed by atoms with Crippen molar-refractivity contribution in [2.24, 2.45) is 7.05 Å². The maximum Gasteiger partial charge on any atom is 0.0766 e. The van der Waals surface area contributed by atoms with E-state index in [4.69, 9.17) is 0 Å². The Hall–Kier alpha value is -0.310. The van der Waals surface area contributed by atoms with Crippen LogP contribution in [0.1, 0.15) is 19.0 Å². The maximum atomic E-state index is 4.27. The molecule has 1 aromatic rings. The van der Waals surface area contributed by atoms with Crippen LogP contribution in [0.4, 0.5) is 0 Å². The summed E-state index contributed by atoms with van der Waals surface area (Å²) < 4.78 is 2.95. The molecule has 3 heteroatoms. The van der Waals surface area contributed by atoms with Crippen molar-refractivity contribution in [1.29, 1.82) is 0 Å². The fraction of sp³-hybridized carbons (Fsp3) is 0.571. The molecular formula is C7H11BrN2. The van der Waals surface area contributed by atoms with Gasteiger partial charge in [0.05, 0.1) is 10.2 Å². The summed E-state index contributed by atoms with van der Waals surface area (Å²) in [5.74, 6) is 0. The molecule has 0 radical (unpaired) electrons. The van der Waals surface area contributed by atoms with Gasteiger partial charge in [0.1, 0.15) is 0 Å². The van der Waals surface area contributed by atoms with Crippen LogP contribution in [0.5, 0.6) is 0 Å². The van der Waals surface area contributed by atoms with Gasteiger partial charge in [-0.05, 0) is 22.4 Å². The van der Waals surface area contributed by atoms with Gasteiger partial charge in [0.2, 0.25) is 0 Å². The van der Waals surface area contributed by atoms with Crippen molar-refractivity contribution in [1.82, 2.24) is 9.78 Å². The van der Waals surface area contributed by atoms with Crippen LogP contribution in [-0.2, 0) is 13.5 Å². The molecule has 0 atom stereocenters. The number of aryl methyl sites for hydroxylation is 2. The van der Waals surface area contributed by atoms with Crippen molar-refractivity contribution < 1.29 is 0 Å². The molecule has 1 heterocycles. The fourth-order valence-corrected chi connectivity index (χ4v) is 1.49. The van der Waals surface area contributed by atoms with Crippen LogP contribution in [0.3, 0.4) is 0 Å². The average Bonchev–Trinajstić information content (AvgIpc) is 2.13. The Bertz CT molecular complexity index is 217. The van der Waals surface area contributed by atoms with E-state index in [2.05, 4.69) is 28.0 Å². The molecule has 0 saturated heterocycles. The monoisotopic (exact) mass is 202 g/mol. The highest BCUT2D eigenvalue weighted by atomic mass is 79.9. The molecule has 2 nitrogen and oxygen atoms in total. The van der Waals surface area contributed by atoms with Crippen LogP contribution in [0.15, 0.2) is 10.7 Å². The first-order chi connectivity index (χ1) is 4.74. The van der Waals surface area contributed by atoms with Gasteiger partial charge in [-0.15, -0.1) is 0 Å². The van der Waals surface area contributed by atoms with E-state index in [1.165, 1.54) is 0 Å². The molecule has 0 aliphatic carbocycles. The normalized spacial score (nSPS) is 10.3. The Balaban J connectivity index is 2.81. The second kappa shape index (κ2) is 3.19. The van der Waals surface area contributed by atoms with Gasteiger partial charge in [-0.1, -0.05) is 13.3 Å². The third-order valence-corrected chi connectivity index (χ3v) is 2.00. The predicted octanol–water partition coefficient (Wildman–Crippen LogP) is 2.14. The lowest BCUT2D eigenvalue weighted by Crippen LogP contribution is -1.90. The Labute approximate surface area is 69.4 Å². The Morgan fingerprint density at radius 3 is 2.80 bits per heavy atom. The quantitative estimate of drug-likeness (QED) is 0.719. The second-order valence-corrected chi connectivity index (χ2v) is 3.20. The highest BCUT2D eigenvalue weighted by Crippen LogP contribution is 2.15. The Morgan fingerprint density at radius 2 is 2.40 bits per heavy atom. The molecule has 56 valence electrons. The highest BCUT2D eigenvalue weighted by molar-refractivity contribution is 9.10. The first kappa shape index (κ1) is 7.79. The first-order valence-electron chi connectivity index (χ1n) is 3.42. The third kappa shape index (κ3) is 1.59. The molecule has 10 heavy (non-hydrogen) atoms. The predicted molar refractivity (Wildman–Crippen MR) is 44.9 cm³/mol. The van der Waals surface area contributed by atoms with Crippen molar-refractivity contribution in [2.75, 3.05) is 0 Å². The van der Waals surface area contributed by atoms with Gasteiger partial charge in [-0.25, -0.2) is 0 Å². The standard InChI is InChI=1S/C7H11BrN2/c1-3-4-7-6(8)5-10(2)9-7/h5H,3-4H2,1-2H3. The van der Waals surface area contributed by atoms with E-state index in [1.54, 1.807) is 0 Å². The van der Waals surface area contributed by atoms with Crippen molar-refractivity contribution in [2.45, 2.75) is 19.8 Å². The summed E-state index contributed by atoms with van der Waals surface area (Å²) in [6.07, 6.45) is 4.18. The van der Waals surface area contributed by atoms with Gasteiger partial charge in [0.25, 0.3) is 0 Å². The topological polar surface area (TPSA) is 17.8 Å². The smallest absolute Gasteiger partial charge is 0.0766 e. The van der Waals surface area contributed by atoms with E-state index < -0.39 is 0 Å². The summed E-state index contributed by atoms with van der Waals surface area (Å²) >= 11 is 3.43. The molecule has 0 amide bonds. The molecule has 0 bridgehead atoms. The molecule has 0 aliphatic heterocycles. The summed E-state index contributed by atoms with van der Waals surface area (Å²) in [7, 11) is 1.93. The lowest BCUT2D eigenvalue weighted by Gasteiger charge is -1.89. The zero-order valence-electron chi connectivity index (χ0n) is 6.26. The van der Waals surface area contributed by atoms with Gasteiger partial charge < -0.3 is 0 Å². The number of halogens is 1. The van der Waals surface area contributed by atoms with Gasteiger partial charge >= 0.3 is 0 Å². The van der Waals surface area contributed by atoms with Crippen LogP contribution < -0.4 is 0 Å². The molecule has 0 N–H and O–H groups in total. The van der Waals surface area contributed by atoms with Crippen LogP contribution in [-0.4, -0.2) is 9.78 Å². The number of aromatic nitrogens is 2. The van der Waals surface area contributed by atoms with Gasteiger partial charge in [0.15, 0.2) is 0 Å². The van der Waals surface area contributed by atoms with Crippen molar-refractivity contribution in [3.05, 3.63) is 16.4 Å². The summed E-state index contributed by atoms with van der Waals surface area (Å²) in [6, 6.07) is 0.